The molecule has 2 aliphatic rings. The summed E-state index contributed by atoms with van der Waals surface area (Å²) in [5, 5.41) is 14.9. The summed E-state index contributed by atoms with van der Waals surface area (Å²) in [4.78, 5) is 14.9. The second kappa shape index (κ2) is 7.93. The van der Waals surface area contributed by atoms with Gasteiger partial charge in [0, 0.05) is 19.1 Å². The molecule has 0 unspecified atom stereocenters. The second-order valence-corrected chi connectivity index (χ2v) is 6.69. The van der Waals surface area contributed by atoms with Gasteiger partial charge in [0.05, 0.1) is 11.3 Å². The SMILES string of the molecule is Cl.O=C(c1ccccc1-n1cnnn1)N1CCC(NCC2CC2)CC1. The molecule has 0 radical (unpaired) electrons. The molecular weight excluding hydrogens is 340 g/mol. The highest BCUT2D eigenvalue weighted by molar-refractivity contribution is 5.97. The molecular formula is C17H23ClN6O. The van der Waals surface area contributed by atoms with Crippen LogP contribution in [0.15, 0.2) is 30.6 Å². The van der Waals surface area contributed by atoms with Crippen molar-refractivity contribution < 1.29 is 4.79 Å². The molecule has 1 saturated heterocycles. The third-order valence-corrected chi connectivity index (χ3v) is 4.90. The van der Waals surface area contributed by atoms with Crippen LogP contribution in [-0.2, 0) is 0 Å². The number of para-hydroxylation sites is 1. The number of carbonyl (C=O) groups is 1. The summed E-state index contributed by atoms with van der Waals surface area (Å²) in [6, 6.07) is 8.03. The molecule has 1 aromatic heterocycles. The van der Waals surface area contributed by atoms with Crippen LogP contribution in [0.25, 0.3) is 5.69 Å². The summed E-state index contributed by atoms with van der Waals surface area (Å²) in [5.41, 5.74) is 1.37. The maximum Gasteiger partial charge on any atom is 0.256 e. The van der Waals surface area contributed by atoms with E-state index in [2.05, 4.69) is 20.8 Å². The Kier molecular flexibility index (Phi) is 5.65. The Morgan fingerprint density at radius 1 is 1.16 bits per heavy atom. The molecule has 8 heteroatoms. The maximum absolute atomic E-state index is 12.9. The van der Waals surface area contributed by atoms with Crippen molar-refractivity contribution >= 4 is 18.3 Å². The number of halogens is 1. The van der Waals surface area contributed by atoms with Crippen LogP contribution in [0.4, 0.5) is 0 Å². The highest BCUT2D eigenvalue weighted by atomic mass is 35.5. The number of tetrazole rings is 1. The zero-order valence-corrected chi connectivity index (χ0v) is 14.9. The number of nitrogens with zero attached hydrogens (tertiary/aromatic N) is 5. The smallest absolute Gasteiger partial charge is 0.256 e. The van der Waals surface area contributed by atoms with Crippen LogP contribution >= 0.6 is 12.4 Å². The number of likely N-dealkylation sites (tertiary alicyclic amines) is 1. The Balaban J connectivity index is 0.00000182. The van der Waals surface area contributed by atoms with Crippen molar-refractivity contribution in [2.45, 2.75) is 31.7 Å². The maximum atomic E-state index is 12.9. The molecule has 0 bridgehead atoms. The number of amides is 1. The Morgan fingerprint density at radius 2 is 1.92 bits per heavy atom. The van der Waals surface area contributed by atoms with Crippen molar-refractivity contribution in [1.29, 1.82) is 0 Å². The molecule has 1 aliphatic heterocycles. The molecule has 1 aliphatic carbocycles. The minimum absolute atomic E-state index is 0. The zero-order valence-electron chi connectivity index (χ0n) is 14.0. The Bertz CT molecular complexity index is 695. The predicted octanol–water partition coefficient (Wildman–Crippen LogP) is 1.69. The molecule has 1 aromatic carbocycles. The van der Waals surface area contributed by atoms with Crippen LogP contribution in [0.3, 0.4) is 0 Å². The van der Waals surface area contributed by atoms with Crippen LogP contribution in [-0.4, -0.2) is 56.7 Å². The summed E-state index contributed by atoms with van der Waals surface area (Å²) < 4.78 is 1.54. The van der Waals surface area contributed by atoms with E-state index in [0.717, 1.165) is 44.1 Å². The average molecular weight is 363 g/mol. The van der Waals surface area contributed by atoms with Crippen LogP contribution in [0.1, 0.15) is 36.0 Å². The number of nitrogens with one attached hydrogen (secondary N) is 1. The fourth-order valence-electron chi connectivity index (χ4n) is 3.24. The summed E-state index contributed by atoms with van der Waals surface area (Å²) in [7, 11) is 0. The van der Waals surface area contributed by atoms with Gasteiger partial charge in [-0.2, -0.15) is 4.68 Å². The zero-order chi connectivity index (χ0) is 16.4. The standard InChI is InChI=1S/C17H22N6O.ClH/c24-17(15-3-1-2-4-16(15)23-12-19-20-21-23)22-9-7-14(8-10-22)18-11-13-5-6-13;/h1-4,12-14,18H,5-11H2;1H. The summed E-state index contributed by atoms with van der Waals surface area (Å²) >= 11 is 0. The highest BCUT2D eigenvalue weighted by Crippen LogP contribution is 2.28. The van der Waals surface area contributed by atoms with Crippen molar-refractivity contribution in [2.24, 2.45) is 5.92 Å². The van der Waals surface area contributed by atoms with Gasteiger partial charge in [0.25, 0.3) is 5.91 Å². The highest BCUT2D eigenvalue weighted by Gasteiger charge is 2.27. The first-order valence-corrected chi connectivity index (χ1v) is 8.66. The molecule has 2 fully saturated rings. The fourth-order valence-corrected chi connectivity index (χ4v) is 3.24. The molecule has 1 amide bonds. The topological polar surface area (TPSA) is 75.9 Å². The molecule has 25 heavy (non-hydrogen) atoms. The van der Waals surface area contributed by atoms with E-state index in [-0.39, 0.29) is 18.3 Å². The molecule has 0 spiro atoms. The van der Waals surface area contributed by atoms with E-state index in [1.807, 2.05) is 29.2 Å². The van der Waals surface area contributed by atoms with Crippen molar-refractivity contribution in [2.75, 3.05) is 19.6 Å². The van der Waals surface area contributed by atoms with Crippen molar-refractivity contribution in [1.82, 2.24) is 30.4 Å². The summed E-state index contributed by atoms with van der Waals surface area (Å²) in [6.45, 7) is 2.73. The minimum Gasteiger partial charge on any atom is -0.338 e. The third kappa shape index (κ3) is 4.16. The number of carbonyl (C=O) groups excluding carboxylic acids is 1. The van der Waals surface area contributed by atoms with Crippen LogP contribution in [0.2, 0.25) is 0 Å². The van der Waals surface area contributed by atoms with Gasteiger partial charge in [-0.3, -0.25) is 4.79 Å². The van der Waals surface area contributed by atoms with E-state index in [1.54, 1.807) is 0 Å². The summed E-state index contributed by atoms with van der Waals surface area (Å²) in [5.74, 6) is 0.953. The van der Waals surface area contributed by atoms with Gasteiger partial charge in [-0.1, -0.05) is 12.1 Å². The summed E-state index contributed by atoms with van der Waals surface area (Å²) in [6.07, 6.45) is 6.30. The Hall–Kier alpha value is -1.99. The van der Waals surface area contributed by atoms with E-state index in [0.29, 0.717) is 11.6 Å². The third-order valence-electron chi connectivity index (χ3n) is 4.90. The van der Waals surface area contributed by atoms with Gasteiger partial charge in [0.1, 0.15) is 6.33 Å². The van der Waals surface area contributed by atoms with E-state index in [9.17, 15) is 4.79 Å². The first-order chi connectivity index (χ1) is 11.8. The number of hydrogen-bond acceptors (Lipinski definition) is 5. The number of piperidine rings is 1. The van der Waals surface area contributed by atoms with Crippen molar-refractivity contribution in [3.63, 3.8) is 0 Å². The lowest BCUT2D eigenvalue weighted by atomic mass is 10.0. The van der Waals surface area contributed by atoms with Gasteiger partial charge < -0.3 is 10.2 Å². The van der Waals surface area contributed by atoms with Crippen LogP contribution in [0.5, 0.6) is 0 Å². The molecule has 7 nitrogen and oxygen atoms in total. The van der Waals surface area contributed by atoms with Crippen molar-refractivity contribution in [3.8, 4) is 5.69 Å². The normalized spacial score (nSPS) is 18.0. The molecule has 1 N–H and O–H groups in total. The second-order valence-electron chi connectivity index (χ2n) is 6.69. The first-order valence-electron chi connectivity index (χ1n) is 8.66. The average Bonchev–Trinajstić information content (AvgIpc) is 3.31. The van der Waals surface area contributed by atoms with E-state index >= 15 is 0 Å². The quantitative estimate of drug-likeness (QED) is 0.875. The van der Waals surface area contributed by atoms with Crippen LogP contribution in [0, 0.1) is 5.92 Å². The molecule has 4 rings (SSSR count). The monoisotopic (exact) mass is 362 g/mol. The Morgan fingerprint density at radius 3 is 2.60 bits per heavy atom. The number of rotatable bonds is 5. The van der Waals surface area contributed by atoms with Gasteiger partial charge in [-0.05, 0) is 60.7 Å². The van der Waals surface area contributed by atoms with E-state index in [1.165, 1.54) is 23.9 Å². The lowest BCUT2D eigenvalue weighted by Crippen LogP contribution is -2.45. The van der Waals surface area contributed by atoms with Crippen LogP contribution < -0.4 is 5.32 Å². The number of aromatic nitrogens is 4. The largest absolute Gasteiger partial charge is 0.338 e. The van der Waals surface area contributed by atoms with E-state index in [4.69, 9.17) is 0 Å². The van der Waals surface area contributed by atoms with Gasteiger partial charge >= 0.3 is 0 Å². The van der Waals surface area contributed by atoms with E-state index < -0.39 is 0 Å². The van der Waals surface area contributed by atoms with Gasteiger partial charge in [-0.25, -0.2) is 0 Å². The predicted molar refractivity (Wildman–Crippen MR) is 96.1 cm³/mol. The lowest BCUT2D eigenvalue weighted by Gasteiger charge is -2.33. The lowest BCUT2D eigenvalue weighted by molar-refractivity contribution is 0.0705. The molecule has 1 saturated carbocycles. The Labute approximate surface area is 153 Å². The molecule has 2 aromatic rings. The first kappa shape index (κ1) is 17.8. The minimum atomic E-state index is 0. The van der Waals surface area contributed by atoms with Crippen molar-refractivity contribution in [3.05, 3.63) is 36.2 Å². The van der Waals surface area contributed by atoms with Gasteiger partial charge in [0.2, 0.25) is 0 Å². The molecule has 134 valence electrons. The number of benzene rings is 1. The fraction of sp³-hybridized carbons (Fsp3) is 0.529. The van der Waals surface area contributed by atoms with Gasteiger partial charge in [-0.15, -0.1) is 17.5 Å². The molecule has 2 heterocycles. The number of hydrogen-bond donors (Lipinski definition) is 1. The van der Waals surface area contributed by atoms with Gasteiger partial charge in [0.15, 0.2) is 0 Å². The molecule has 0 atom stereocenters.